The summed E-state index contributed by atoms with van der Waals surface area (Å²) >= 11 is 0. The van der Waals surface area contributed by atoms with Crippen molar-refractivity contribution in [3.05, 3.63) is 89.7 Å². The fraction of sp³-hybridized carbons (Fsp3) is 0.250. The zero-order valence-corrected chi connectivity index (χ0v) is 16.6. The number of aromatic nitrogens is 1. The minimum Gasteiger partial charge on any atom is -0.494 e. The highest BCUT2D eigenvalue weighted by Gasteiger charge is 2.07. The first kappa shape index (κ1) is 20.4. The van der Waals surface area contributed by atoms with E-state index in [0.717, 1.165) is 29.7 Å². The molecule has 0 radical (unpaired) electrons. The van der Waals surface area contributed by atoms with E-state index in [4.69, 9.17) is 9.47 Å². The predicted octanol–water partition coefficient (Wildman–Crippen LogP) is 4.77. The molecular weight excluding hydrogens is 364 g/mol. The first-order valence-corrected chi connectivity index (χ1v) is 9.86. The third kappa shape index (κ3) is 6.64. The second-order valence-electron chi connectivity index (χ2n) is 6.71. The molecule has 0 aliphatic heterocycles. The Hall–Kier alpha value is -3.34. The fourth-order valence-electron chi connectivity index (χ4n) is 2.74. The van der Waals surface area contributed by atoms with Crippen LogP contribution in [0.3, 0.4) is 0 Å². The van der Waals surface area contributed by atoms with Crippen LogP contribution in [-0.2, 0) is 13.2 Å². The molecule has 0 saturated carbocycles. The molecule has 0 aliphatic rings. The zero-order chi connectivity index (χ0) is 20.3. The van der Waals surface area contributed by atoms with Gasteiger partial charge in [-0.25, -0.2) is 0 Å². The van der Waals surface area contributed by atoms with Gasteiger partial charge in [0.2, 0.25) is 0 Å². The van der Waals surface area contributed by atoms with Crippen molar-refractivity contribution in [3.63, 3.8) is 0 Å². The van der Waals surface area contributed by atoms with Crippen LogP contribution in [0.1, 0.15) is 41.3 Å². The van der Waals surface area contributed by atoms with Gasteiger partial charge >= 0.3 is 0 Å². The van der Waals surface area contributed by atoms with Crippen molar-refractivity contribution in [3.8, 4) is 11.5 Å². The molecule has 5 nitrogen and oxygen atoms in total. The van der Waals surface area contributed by atoms with Gasteiger partial charge in [-0.3, -0.25) is 9.78 Å². The number of hydrogen-bond acceptors (Lipinski definition) is 4. The first-order valence-electron chi connectivity index (χ1n) is 9.86. The Bertz CT molecular complexity index is 913. The molecule has 1 aromatic heterocycles. The lowest BCUT2D eigenvalue weighted by molar-refractivity contribution is 0.0950. The summed E-state index contributed by atoms with van der Waals surface area (Å²) in [6.07, 6.45) is 5.61. The van der Waals surface area contributed by atoms with Crippen molar-refractivity contribution in [1.29, 1.82) is 0 Å². The number of hydrogen-bond donors (Lipinski definition) is 1. The lowest BCUT2D eigenvalue weighted by atomic mass is 10.1. The number of amides is 1. The molecule has 0 spiro atoms. The third-order valence-electron chi connectivity index (χ3n) is 4.34. The Kier molecular flexibility index (Phi) is 7.63. The summed E-state index contributed by atoms with van der Waals surface area (Å²) < 4.78 is 11.5. The molecule has 5 heteroatoms. The average Bonchev–Trinajstić information content (AvgIpc) is 2.77. The normalized spacial score (nSPS) is 10.4. The van der Waals surface area contributed by atoms with Crippen LogP contribution in [0.5, 0.6) is 11.5 Å². The fourth-order valence-corrected chi connectivity index (χ4v) is 2.74. The van der Waals surface area contributed by atoms with Crippen LogP contribution in [0.4, 0.5) is 0 Å². The minimum absolute atomic E-state index is 0.144. The molecule has 29 heavy (non-hydrogen) atoms. The number of nitrogens with one attached hydrogen (secondary N) is 1. The van der Waals surface area contributed by atoms with E-state index < -0.39 is 0 Å². The summed E-state index contributed by atoms with van der Waals surface area (Å²) in [7, 11) is 0. The lowest BCUT2D eigenvalue weighted by Gasteiger charge is -2.10. The molecule has 3 aromatic rings. The maximum atomic E-state index is 12.5. The number of nitrogens with zero attached hydrogens (tertiary/aromatic N) is 1. The maximum Gasteiger partial charge on any atom is 0.251 e. The third-order valence-corrected chi connectivity index (χ3v) is 4.34. The summed E-state index contributed by atoms with van der Waals surface area (Å²) in [6.45, 7) is 3.68. The van der Waals surface area contributed by atoms with Gasteiger partial charge in [0, 0.05) is 30.1 Å². The van der Waals surface area contributed by atoms with Gasteiger partial charge in [-0.1, -0.05) is 37.6 Å². The minimum atomic E-state index is -0.144. The largest absolute Gasteiger partial charge is 0.494 e. The second-order valence-corrected chi connectivity index (χ2v) is 6.71. The van der Waals surface area contributed by atoms with E-state index in [1.807, 2.05) is 48.5 Å². The van der Waals surface area contributed by atoms with E-state index in [-0.39, 0.29) is 5.91 Å². The van der Waals surface area contributed by atoms with E-state index in [1.54, 1.807) is 24.5 Å². The molecule has 3 rings (SSSR count). The molecule has 0 fully saturated rings. The molecule has 0 saturated heterocycles. The molecular formula is C24H26N2O3. The van der Waals surface area contributed by atoms with Gasteiger partial charge in [0.15, 0.2) is 0 Å². The van der Waals surface area contributed by atoms with Crippen molar-refractivity contribution in [2.24, 2.45) is 0 Å². The molecule has 150 valence electrons. The molecule has 2 aromatic carbocycles. The summed E-state index contributed by atoms with van der Waals surface area (Å²) in [4.78, 5) is 16.6. The van der Waals surface area contributed by atoms with E-state index in [1.165, 1.54) is 0 Å². The molecule has 0 unspecified atom stereocenters. The Morgan fingerprint density at radius 2 is 1.76 bits per heavy atom. The molecule has 0 atom stereocenters. The number of unbranched alkanes of at least 4 members (excludes halogenated alkanes) is 1. The number of rotatable bonds is 10. The van der Waals surface area contributed by atoms with Gasteiger partial charge in [0.1, 0.15) is 18.1 Å². The number of benzene rings is 2. The Balaban J connectivity index is 1.53. The Morgan fingerprint density at radius 3 is 2.55 bits per heavy atom. The number of pyridine rings is 1. The second kappa shape index (κ2) is 10.9. The summed E-state index contributed by atoms with van der Waals surface area (Å²) in [5.74, 6) is 1.33. The van der Waals surface area contributed by atoms with Crippen LogP contribution in [0.15, 0.2) is 73.1 Å². The average molecular weight is 390 g/mol. The highest BCUT2D eigenvalue weighted by Crippen LogP contribution is 2.16. The molecule has 1 amide bonds. The number of ether oxygens (including phenoxy) is 2. The smallest absolute Gasteiger partial charge is 0.251 e. The van der Waals surface area contributed by atoms with Gasteiger partial charge in [-0.15, -0.1) is 0 Å². The Morgan fingerprint density at radius 1 is 0.966 bits per heavy atom. The van der Waals surface area contributed by atoms with E-state index in [2.05, 4.69) is 17.2 Å². The van der Waals surface area contributed by atoms with Crippen LogP contribution in [0, 0.1) is 0 Å². The van der Waals surface area contributed by atoms with Gasteiger partial charge < -0.3 is 14.8 Å². The van der Waals surface area contributed by atoms with Crippen molar-refractivity contribution in [1.82, 2.24) is 10.3 Å². The van der Waals surface area contributed by atoms with Crippen LogP contribution in [0.2, 0.25) is 0 Å². The van der Waals surface area contributed by atoms with Gasteiger partial charge in [-0.05, 0) is 48.4 Å². The van der Waals surface area contributed by atoms with E-state index >= 15 is 0 Å². The molecule has 1 N–H and O–H groups in total. The van der Waals surface area contributed by atoms with Crippen molar-refractivity contribution in [2.75, 3.05) is 6.61 Å². The van der Waals surface area contributed by atoms with Crippen molar-refractivity contribution >= 4 is 5.91 Å². The van der Waals surface area contributed by atoms with E-state index in [9.17, 15) is 4.79 Å². The summed E-state index contributed by atoms with van der Waals surface area (Å²) in [5, 5.41) is 2.95. The SMILES string of the molecule is CCCCOc1cccc(CNC(=O)c2cccc(OCc3cccnc3)c2)c1. The highest BCUT2D eigenvalue weighted by molar-refractivity contribution is 5.94. The predicted molar refractivity (Wildman–Crippen MR) is 113 cm³/mol. The standard InChI is InChI=1S/C24H26N2O3/c1-2-3-13-28-22-10-4-7-19(14-22)17-26-24(27)21-9-5-11-23(15-21)29-18-20-8-6-12-25-16-20/h4-12,14-16H,2-3,13,17-18H2,1H3,(H,26,27). The maximum absolute atomic E-state index is 12.5. The van der Waals surface area contributed by atoms with Crippen LogP contribution >= 0.6 is 0 Å². The Labute approximate surface area is 171 Å². The van der Waals surface area contributed by atoms with Gasteiger partial charge in [-0.2, -0.15) is 0 Å². The first-order chi connectivity index (χ1) is 14.2. The zero-order valence-electron chi connectivity index (χ0n) is 16.6. The van der Waals surface area contributed by atoms with Crippen molar-refractivity contribution in [2.45, 2.75) is 32.9 Å². The summed E-state index contributed by atoms with van der Waals surface area (Å²) in [5.41, 5.74) is 2.53. The molecule has 0 bridgehead atoms. The monoisotopic (exact) mass is 390 g/mol. The van der Waals surface area contributed by atoms with Crippen LogP contribution in [-0.4, -0.2) is 17.5 Å². The quantitative estimate of drug-likeness (QED) is 0.507. The number of carbonyl (C=O) groups excluding carboxylic acids is 1. The summed E-state index contributed by atoms with van der Waals surface area (Å²) in [6, 6.07) is 18.8. The molecule has 1 heterocycles. The van der Waals surface area contributed by atoms with Gasteiger partial charge in [0.05, 0.1) is 6.61 Å². The lowest BCUT2D eigenvalue weighted by Crippen LogP contribution is -2.22. The topological polar surface area (TPSA) is 60.5 Å². The molecule has 0 aliphatic carbocycles. The highest BCUT2D eigenvalue weighted by atomic mass is 16.5. The van der Waals surface area contributed by atoms with Crippen LogP contribution in [0.25, 0.3) is 0 Å². The van der Waals surface area contributed by atoms with Gasteiger partial charge in [0.25, 0.3) is 5.91 Å². The van der Waals surface area contributed by atoms with E-state index in [0.29, 0.717) is 31.1 Å². The number of carbonyl (C=O) groups is 1. The van der Waals surface area contributed by atoms with Crippen LogP contribution < -0.4 is 14.8 Å². The van der Waals surface area contributed by atoms with Crippen molar-refractivity contribution < 1.29 is 14.3 Å².